The van der Waals surface area contributed by atoms with Gasteiger partial charge in [0.2, 0.25) is 7.37 Å². The summed E-state index contributed by atoms with van der Waals surface area (Å²) in [6, 6.07) is 26.6. The lowest BCUT2D eigenvalue weighted by molar-refractivity contribution is 0.444. The topological polar surface area (TPSA) is 49.3 Å². The third-order valence-corrected chi connectivity index (χ3v) is 6.83. The van der Waals surface area contributed by atoms with Gasteiger partial charge in [-0.3, -0.25) is 9.88 Å². The smallest absolute Gasteiger partial charge is 0.250 e. The lowest BCUT2D eigenvalue weighted by Crippen LogP contribution is -2.28. The molecule has 0 aliphatic heterocycles. The summed E-state index contributed by atoms with van der Waals surface area (Å²) in [5.41, 5.74) is 2.93. The molecular formula is C22H24NO2P. The molecule has 0 aliphatic carbocycles. The predicted octanol–water partition coefficient (Wildman–Crippen LogP) is 4.94. The van der Waals surface area contributed by atoms with Crippen LogP contribution in [0.3, 0.4) is 0 Å². The minimum Gasteiger partial charge on any atom is -0.340 e. The normalized spacial score (nSPS) is 15.8. The van der Waals surface area contributed by atoms with E-state index in [0.29, 0.717) is 5.30 Å². The minimum absolute atomic E-state index is 0.0648. The fourth-order valence-electron chi connectivity index (χ4n) is 3.14. The molecule has 0 aromatic heterocycles. The van der Waals surface area contributed by atoms with Crippen molar-refractivity contribution in [1.29, 1.82) is 0 Å². The lowest BCUT2D eigenvalue weighted by atomic mass is 10.1. The van der Waals surface area contributed by atoms with Crippen LogP contribution in [-0.4, -0.2) is 4.89 Å². The molecule has 0 heterocycles. The second-order valence-corrected chi connectivity index (χ2v) is 8.80. The molecule has 3 aromatic rings. The van der Waals surface area contributed by atoms with Crippen LogP contribution in [0.4, 0.5) is 0 Å². The van der Waals surface area contributed by atoms with E-state index in [-0.39, 0.29) is 6.04 Å². The molecule has 26 heavy (non-hydrogen) atoms. The van der Waals surface area contributed by atoms with Crippen LogP contribution in [-0.2, 0) is 4.57 Å². The van der Waals surface area contributed by atoms with E-state index in [2.05, 4.69) is 5.32 Å². The van der Waals surface area contributed by atoms with E-state index in [4.69, 9.17) is 0 Å². The van der Waals surface area contributed by atoms with Gasteiger partial charge < -0.3 is 4.89 Å². The van der Waals surface area contributed by atoms with E-state index in [1.54, 1.807) is 24.3 Å². The summed E-state index contributed by atoms with van der Waals surface area (Å²) in [5.74, 6) is -0.679. The molecule has 0 aliphatic rings. The minimum atomic E-state index is -3.69. The van der Waals surface area contributed by atoms with Gasteiger partial charge in [-0.05, 0) is 42.7 Å². The van der Waals surface area contributed by atoms with Crippen LogP contribution in [0.1, 0.15) is 35.4 Å². The Kier molecular flexibility index (Phi) is 5.73. The zero-order valence-corrected chi connectivity index (χ0v) is 15.9. The van der Waals surface area contributed by atoms with E-state index < -0.39 is 13.2 Å². The Morgan fingerprint density at radius 1 is 0.846 bits per heavy atom. The monoisotopic (exact) mass is 365 g/mol. The SMILES string of the molecule is Cc1ccccc1C(N[C@@H](C)c1ccccc1)P(=O)(O)c1ccccc1. The van der Waals surface area contributed by atoms with Gasteiger partial charge in [-0.2, -0.15) is 0 Å². The van der Waals surface area contributed by atoms with Gasteiger partial charge in [0.15, 0.2) is 0 Å². The quantitative estimate of drug-likeness (QED) is 0.608. The molecule has 2 N–H and O–H groups in total. The van der Waals surface area contributed by atoms with Gasteiger partial charge in [0, 0.05) is 11.3 Å². The number of hydrogen-bond donors (Lipinski definition) is 2. The van der Waals surface area contributed by atoms with Crippen molar-refractivity contribution in [3.8, 4) is 0 Å². The Balaban J connectivity index is 2.03. The number of rotatable bonds is 6. The molecule has 0 radical (unpaired) electrons. The van der Waals surface area contributed by atoms with E-state index in [1.165, 1.54) is 0 Å². The van der Waals surface area contributed by atoms with Crippen molar-refractivity contribution in [2.75, 3.05) is 0 Å². The molecule has 0 fully saturated rings. The van der Waals surface area contributed by atoms with Gasteiger partial charge in [0.05, 0.1) is 0 Å². The summed E-state index contributed by atoms with van der Waals surface area (Å²) >= 11 is 0. The maximum Gasteiger partial charge on any atom is 0.250 e. The summed E-state index contributed by atoms with van der Waals surface area (Å²) in [6.45, 7) is 3.99. The summed E-state index contributed by atoms with van der Waals surface area (Å²) in [4.78, 5) is 11.1. The second kappa shape index (κ2) is 8.01. The van der Waals surface area contributed by atoms with Crippen LogP contribution in [0.25, 0.3) is 0 Å². The average molecular weight is 365 g/mol. The largest absolute Gasteiger partial charge is 0.340 e. The number of aryl methyl sites for hydroxylation is 1. The fourth-order valence-corrected chi connectivity index (χ4v) is 5.13. The van der Waals surface area contributed by atoms with Gasteiger partial charge in [0.1, 0.15) is 5.78 Å². The standard InChI is InChI=1S/C22H24NO2P/c1-17-11-9-10-16-21(17)22(23-18(2)19-12-5-3-6-13-19)26(24,25)20-14-7-4-8-15-20/h3-16,18,22-23H,1-2H3,(H,24,25)/t18-,22?/m0/s1. The molecule has 3 atom stereocenters. The van der Waals surface area contributed by atoms with Gasteiger partial charge in [-0.15, -0.1) is 0 Å². The van der Waals surface area contributed by atoms with Gasteiger partial charge in [-0.1, -0.05) is 72.8 Å². The molecule has 2 unspecified atom stereocenters. The Hall–Kier alpha value is -2.19. The summed E-state index contributed by atoms with van der Waals surface area (Å²) in [5, 5.41) is 3.88. The molecule has 0 spiro atoms. The highest BCUT2D eigenvalue weighted by molar-refractivity contribution is 7.66. The second-order valence-electron chi connectivity index (χ2n) is 6.52. The number of hydrogen-bond acceptors (Lipinski definition) is 2. The molecular weight excluding hydrogens is 341 g/mol. The van der Waals surface area contributed by atoms with Crippen molar-refractivity contribution >= 4 is 12.7 Å². The van der Waals surface area contributed by atoms with Crippen molar-refractivity contribution in [1.82, 2.24) is 5.32 Å². The van der Waals surface area contributed by atoms with Crippen LogP contribution < -0.4 is 10.6 Å². The first-order chi connectivity index (χ1) is 12.5. The highest BCUT2D eigenvalue weighted by Crippen LogP contribution is 2.54. The van der Waals surface area contributed by atoms with Crippen LogP contribution in [0.5, 0.6) is 0 Å². The first-order valence-corrected chi connectivity index (χ1v) is 10.5. The number of nitrogens with one attached hydrogen (secondary N) is 1. The van der Waals surface area contributed by atoms with Crippen LogP contribution in [0.15, 0.2) is 84.9 Å². The Morgan fingerprint density at radius 3 is 2.00 bits per heavy atom. The van der Waals surface area contributed by atoms with Gasteiger partial charge >= 0.3 is 0 Å². The first-order valence-electron chi connectivity index (χ1n) is 8.75. The molecule has 3 rings (SSSR count). The third kappa shape index (κ3) is 3.96. The molecule has 0 saturated carbocycles. The molecule has 134 valence electrons. The molecule has 4 heteroatoms. The van der Waals surface area contributed by atoms with Crippen molar-refractivity contribution in [3.05, 3.63) is 102 Å². The van der Waals surface area contributed by atoms with E-state index >= 15 is 0 Å². The molecule has 3 nitrogen and oxygen atoms in total. The lowest BCUT2D eigenvalue weighted by Gasteiger charge is -2.29. The van der Waals surface area contributed by atoms with E-state index in [1.807, 2.05) is 74.5 Å². The zero-order chi connectivity index (χ0) is 18.6. The Bertz CT molecular complexity index is 896. The summed E-state index contributed by atoms with van der Waals surface area (Å²) in [7, 11) is -3.69. The zero-order valence-electron chi connectivity index (χ0n) is 15.0. The van der Waals surface area contributed by atoms with Crippen LogP contribution in [0, 0.1) is 6.92 Å². The van der Waals surface area contributed by atoms with Crippen molar-refractivity contribution in [2.24, 2.45) is 0 Å². The van der Waals surface area contributed by atoms with E-state index in [9.17, 15) is 9.46 Å². The van der Waals surface area contributed by atoms with Crippen molar-refractivity contribution in [2.45, 2.75) is 25.7 Å². The van der Waals surface area contributed by atoms with Crippen LogP contribution in [0.2, 0.25) is 0 Å². The highest BCUT2D eigenvalue weighted by atomic mass is 31.2. The van der Waals surface area contributed by atoms with Crippen molar-refractivity contribution in [3.63, 3.8) is 0 Å². The molecule has 0 bridgehead atoms. The summed E-state index contributed by atoms with van der Waals surface area (Å²) in [6.07, 6.45) is 0. The Labute approximate surface area is 155 Å². The van der Waals surface area contributed by atoms with Crippen LogP contribution >= 0.6 is 7.37 Å². The predicted molar refractivity (Wildman–Crippen MR) is 108 cm³/mol. The fraction of sp³-hybridized carbons (Fsp3) is 0.182. The van der Waals surface area contributed by atoms with Gasteiger partial charge in [-0.25, -0.2) is 0 Å². The number of benzene rings is 3. The first kappa shape index (κ1) is 18.6. The van der Waals surface area contributed by atoms with Crippen molar-refractivity contribution < 1.29 is 9.46 Å². The summed E-state index contributed by atoms with van der Waals surface area (Å²) < 4.78 is 13.5. The maximum absolute atomic E-state index is 13.5. The molecule has 0 saturated heterocycles. The average Bonchev–Trinajstić information content (AvgIpc) is 2.68. The molecule has 0 amide bonds. The van der Waals surface area contributed by atoms with E-state index in [0.717, 1.165) is 16.7 Å². The highest BCUT2D eigenvalue weighted by Gasteiger charge is 2.35. The third-order valence-electron chi connectivity index (χ3n) is 4.67. The van der Waals surface area contributed by atoms with Gasteiger partial charge in [0.25, 0.3) is 0 Å². The Morgan fingerprint density at radius 2 is 1.38 bits per heavy atom. The maximum atomic E-state index is 13.5. The molecule has 3 aromatic carbocycles.